The van der Waals surface area contributed by atoms with E-state index in [1.807, 2.05) is 23.8 Å². The minimum Gasteiger partial charge on any atom is -0.344 e. The van der Waals surface area contributed by atoms with Crippen molar-refractivity contribution in [3.05, 3.63) is 34.3 Å². The molecule has 0 bridgehead atoms. The van der Waals surface area contributed by atoms with Gasteiger partial charge in [0.1, 0.15) is 0 Å². The molecule has 1 atom stereocenters. The van der Waals surface area contributed by atoms with Gasteiger partial charge in [0, 0.05) is 6.54 Å². The van der Waals surface area contributed by atoms with Gasteiger partial charge in [-0.2, -0.15) is 11.3 Å². The van der Waals surface area contributed by atoms with Crippen LogP contribution in [-0.4, -0.2) is 27.4 Å². The Hall–Kier alpha value is -1.73. The molecule has 6 nitrogen and oxygen atoms in total. The van der Waals surface area contributed by atoms with Crippen LogP contribution in [0.15, 0.2) is 23.0 Å². The zero-order chi connectivity index (χ0) is 13.0. The van der Waals surface area contributed by atoms with E-state index in [1.165, 1.54) is 0 Å². The molecule has 96 valence electrons. The van der Waals surface area contributed by atoms with Crippen molar-refractivity contribution >= 4 is 17.2 Å². The van der Waals surface area contributed by atoms with Crippen LogP contribution in [0.3, 0.4) is 0 Å². The average Bonchev–Trinajstić information content (AvgIpc) is 3.00. The fraction of sp³-hybridized carbons (Fsp3) is 0.364. The van der Waals surface area contributed by atoms with Crippen LogP contribution in [0.1, 0.15) is 29.0 Å². The predicted octanol–water partition coefficient (Wildman–Crippen LogP) is 0.789. The minimum atomic E-state index is -0.225. The molecule has 3 N–H and O–H groups in total. The summed E-state index contributed by atoms with van der Waals surface area (Å²) < 4.78 is 1.56. The topological polar surface area (TPSA) is 85.8 Å². The fourth-order valence-corrected chi connectivity index (χ4v) is 2.27. The fourth-order valence-electron chi connectivity index (χ4n) is 1.52. The molecule has 1 amide bonds. The van der Waals surface area contributed by atoms with Crippen LogP contribution >= 0.6 is 11.3 Å². The first-order valence-electron chi connectivity index (χ1n) is 5.64. The minimum absolute atomic E-state index is 0.0385. The predicted molar refractivity (Wildman–Crippen MR) is 69.3 cm³/mol. The second kappa shape index (κ2) is 5.74. The van der Waals surface area contributed by atoms with Crippen molar-refractivity contribution in [2.24, 2.45) is 5.73 Å². The molecule has 0 aliphatic heterocycles. The lowest BCUT2D eigenvalue weighted by Gasteiger charge is -2.10. The number of carbonyl (C=O) groups is 1. The third kappa shape index (κ3) is 2.93. The SMILES string of the molecule is CC(NC(=O)c1cn(CCN)nn1)c1ccsc1. The van der Waals surface area contributed by atoms with Crippen LogP contribution in [0.25, 0.3) is 0 Å². The summed E-state index contributed by atoms with van der Waals surface area (Å²) in [7, 11) is 0. The molecular weight excluding hydrogens is 250 g/mol. The van der Waals surface area contributed by atoms with E-state index in [0.717, 1.165) is 5.56 Å². The molecule has 2 aromatic rings. The first-order chi connectivity index (χ1) is 8.70. The third-order valence-corrected chi connectivity index (χ3v) is 3.22. The number of nitrogens with zero attached hydrogens (tertiary/aromatic N) is 3. The largest absolute Gasteiger partial charge is 0.344 e. The first-order valence-corrected chi connectivity index (χ1v) is 6.58. The molecule has 0 aromatic carbocycles. The summed E-state index contributed by atoms with van der Waals surface area (Å²) >= 11 is 1.60. The summed E-state index contributed by atoms with van der Waals surface area (Å²) in [6.45, 7) is 2.96. The van der Waals surface area contributed by atoms with E-state index in [4.69, 9.17) is 5.73 Å². The lowest BCUT2D eigenvalue weighted by molar-refractivity contribution is 0.0935. The van der Waals surface area contributed by atoms with Gasteiger partial charge in [-0.25, -0.2) is 0 Å². The molecule has 18 heavy (non-hydrogen) atoms. The van der Waals surface area contributed by atoms with Gasteiger partial charge in [-0.3, -0.25) is 9.48 Å². The van der Waals surface area contributed by atoms with Crippen molar-refractivity contribution in [3.8, 4) is 0 Å². The Morgan fingerprint density at radius 2 is 2.50 bits per heavy atom. The van der Waals surface area contributed by atoms with Crippen molar-refractivity contribution in [3.63, 3.8) is 0 Å². The number of carbonyl (C=O) groups excluding carboxylic acids is 1. The second-order valence-electron chi connectivity index (χ2n) is 3.91. The molecule has 0 spiro atoms. The van der Waals surface area contributed by atoms with Gasteiger partial charge >= 0.3 is 0 Å². The Labute approximate surface area is 109 Å². The molecular formula is C11H15N5OS. The first kappa shape index (κ1) is 12.7. The van der Waals surface area contributed by atoms with Crippen molar-refractivity contribution in [1.82, 2.24) is 20.3 Å². The molecule has 2 aromatic heterocycles. The normalized spacial score (nSPS) is 12.3. The maximum absolute atomic E-state index is 11.9. The van der Waals surface area contributed by atoms with Crippen LogP contribution < -0.4 is 11.1 Å². The Kier molecular flexibility index (Phi) is 4.06. The number of aromatic nitrogens is 3. The molecule has 2 rings (SSSR count). The zero-order valence-electron chi connectivity index (χ0n) is 10.0. The molecule has 0 aliphatic carbocycles. The van der Waals surface area contributed by atoms with Gasteiger partial charge in [0.05, 0.1) is 18.8 Å². The highest BCUT2D eigenvalue weighted by atomic mass is 32.1. The lowest BCUT2D eigenvalue weighted by atomic mass is 10.2. The van der Waals surface area contributed by atoms with Gasteiger partial charge < -0.3 is 11.1 Å². The number of nitrogens with two attached hydrogens (primary N) is 1. The molecule has 2 heterocycles. The van der Waals surface area contributed by atoms with Crippen molar-refractivity contribution in [2.45, 2.75) is 19.5 Å². The number of amides is 1. The van der Waals surface area contributed by atoms with Crippen LogP contribution in [0.4, 0.5) is 0 Å². The highest BCUT2D eigenvalue weighted by Crippen LogP contribution is 2.15. The number of thiophene rings is 1. The monoisotopic (exact) mass is 265 g/mol. The van der Waals surface area contributed by atoms with Gasteiger partial charge in [-0.15, -0.1) is 5.10 Å². The van der Waals surface area contributed by atoms with E-state index < -0.39 is 0 Å². The van der Waals surface area contributed by atoms with Gasteiger partial charge in [0.25, 0.3) is 5.91 Å². The average molecular weight is 265 g/mol. The van der Waals surface area contributed by atoms with Crippen molar-refractivity contribution in [2.75, 3.05) is 6.54 Å². The van der Waals surface area contributed by atoms with Crippen LogP contribution in [0, 0.1) is 0 Å². The summed E-state index contributed by atoms with van der Waals surface area (Å²) in [6, 6.07) is 1.95. The molecule has 7 heteroatoms. The zero-order valence-corrected chi connectivity index (χ0v) is 10.9. The van der Waals surface area contributed by atoms with E-state index >= 15 is 0 Å². The third-order valence-electron chi connectivity index (χ3n) is 2.52. The molecule has 1 unspecified atom stereocenters. The summed E-state index contributed by atoms with van der Waals surface area (Å²) in [6.07, 6.45) is 1.60. The molecule has 0 fully saturated rings. The Balaban J connectivity index is 1.98. The number of hydrogen-bond acceptors (Lipinski definition) is 5. The lowest BCUT2D eigenvalue weighted by Crippen LogP contribution is -2.26. The summed E-state index contributed by atoms with van der Waals surface area (Å²) in [5, 5.41) is 14.5. The Morgan fingerprint density at radius 1 is 1.67 bits per heavy atom. The van der Waals surface area contributed by atoms with E-state index in [0.29, 0.717) is 18.8 Å². The van der Waals surface area contributed by atoms with Gasteiger partial charge in [0.2, 0.25) is 0 Å². The highest BCUT2D eigenvalue weighted by molar-refractivity contribution is 7.07. The van der Waals surface area contributed by atoms with Crippen LogP contribution in [-0.2, 0) is 6.54 Å². The van der Waals surface area contributed by atoms with E-state index in [-0.39, 0.29) is 11.9 Å². The molecule has 0 saturated carbocycles. The summed E-state index contributed by atoms with van der Waals surface area (Å²) in [5.41, 5.74) is 6.80. The van der Waals surface area contributed by atoms with Crippen molar-refractivity contribution < 1.29 is 4.79 Å². The van der Waals surface area contributed by atoms with Crippen molar-refractivity contribution in [1.29, 1.82) is 0 Å². The molecule has 0 saturated heterocycles. The summed E-state index contributed by atoms with van der Waals surface area (Å²) in [4.78, 5) is 11.9. The van der Waals surface area contributed by atoms with E-state index in [9.17, 15) is 4.79 Å². The van der Waals surface area contributed by atoms with E-state index in [2.05, 4.69) is 15.6 Å². The standard InChI is InChI=1S/C11H15N5OS/c1-8(9-2-5-18-7-9)13-11(17)10-6-16(4-3-12)15-14-10/h2,5-8H,3-4,12H2,1H3,(H,13,17). The van der Waals surface area contributed by atoms with Crippen LogP contribution in [0.5, 0.6) is 0 Å². The Morgan fingerprint density at radius 3 is 3.17 bits per heavy atom. The highest BCUT2D eigenvalue weighted by Gasteiger charge is 2.14. The summed E-state index contributed by atoms with van der Waals surface area (Å²) in [5.74, 6) is -0.225. The smallest absolute Gasteiger partial charge is 0.273 e. The number of nitrogens with one attached hydrogen (secondary N) is 1. The quantitative estimate of drug-likeness (QED) is 0.837. The van der Waals surface area contributed by atoms with Crippen LogP contribution in [0.2, 0.25) is 0 Å². The number of rotatable bonds is 5. The second-order valence-corrected chi connectivity index (χ2v) is 4.69. The molecule has 0 aliphatic rings. The van der Waals surface area contributed by atoms with Gasteiger partial charge in [0.15, 0.2) is 5.69 Å². The van der Waals surface area contributed by atoms with E-state index in [1.54, 1.807) is 22.2 Å². The molecule has 0 radical (unpaired) electrons. The maximum atomic E-state index is 11.9. The van der Waals surface area contributed by atoms with Gasteiger partial charge in [-0.05, 0) is 29.3 Å². The number of hydrogen-bond donors (Lipinski definition) is 2. The van der Waals surface area contributed by atoms with Gasteiger partial charge in [-0.1, -0.05) is 5.21 Å². The maximum Gasteiger partial charge on any atom is 0.273 e. The Bertz CT molecular complexity index is 507.